The average Bonchev–Trinajstić information content (AvgIpc) is 3.26. The van der Waals surface area contributed by atoms with E-state index in [-0.39, 0.29) is 28.5 Å². The highest BCUT2D eigenvalue weighted by Gasteiger charge is 2.24. The van der Waals surface area contributed by atoms with Crippen molar-refractivity contribution in [1.82, 2.24) is 9.44 Å². The van der Waals surface area contributed by atoms with Crippen molar-refractivity contribution in [2.75, 3.05) is 13.2 Å². The molecular weight excluding hydrogens is 364 g/mol. The Balaban J connectivity index is 1.66. The molecule has 0 amide bonds. The Morgan fingerprint density at radius 3 is 2.04 bits per heavy atom. The molecule has 1 saturated carbocycles. The van der Waals surface area contributed by atoms with Crippen molar-refractivity contribution < 1.29 is 21.6 Å². The van der Waals surface area contributed by atoms with E-state index in [1.165, 1.54) is 24.3 Å². The minimum Gasteiger partial charge on any atom is -0.377 e. The summed E-state index contributed by atoms with van der Waals surface area (Å²) in [6, 6.07) is 5.28. The second-order valence-electron chi connectivity index (χ2n) is 6.56. The minimum atomic E-state index is -3.68. The number of rotatable bonds is 7. The fraction of sp³-hybridized carbons (Fsp3) is 0.625. The summed E-state index contributed by atoms with van der Waals surface area (Å²) in [6.45, 7) is 0.887. The van der Waals surface area contributed by atoms with Crippen molar-refractivity contribution in [3.8, 4) is 0 Å². The van der Waals surface area contributed by atoms with Crippen LogP contribution in [0.4, 0.5) is 0 Å². The predicted molar refractivity (Wildman–Crippen MR) is 93.2 cm³/mol. The van der Waals surface area contributed by atoms with Crippen LogP contribution in [0.5, 0.6) is 0 Å². The molecule has 1 aliphatic heterocycles. The summed E-state index contributed by atoms with van der Waals surface area (Å²) in [5.74, 6) is 0. The lowest BCUT2D eigenvalue weighted by Crippen LogP contribution is -2.33. The summed E-state index contributed by atoms with van der Waals surface area (Å²) < 4.78 is 59.9. The van der Waals surface area contributed by atoms with E-state index < -0.39 is 20.0 Å². The van der Waals surface area contributed by atoms with E-state index in [4.69, 9.17) is 4.74 Å². The maximum atomic E-state index is 12.4. The minimum absolute atomic E-state index is 0.0264. The summed E-state index contributed by atoms with van der Waals surface area (Å²) in [5, 5.41) is 0. The number of nitrogens with one attached hydrogen (secondary N) is 2. The molecule has 0 bridgehead atoms. The molecule has 2 aliphatic rings. The largest absolute Gasteiger partial charge is 0.377 e. The fourth-order valence-corrected chi connectivity index (χ4v) is 5.59. The lowest BCUT2D eigenvalue weighted by Gasteiger charge is -2.14. The van der Waals surface area contributed by atoms with Gasteiger partial charge in [0.2, 0.25) is 20.0 Å². The van der Waals surface area contributed by atoms with Crippen LogP contribution < -0.4 is 9.44 Å². The van der Waals surface area contributed by atoms with Gasteiger partial charge in [0.15, 0.2) is 0 Å². The van der Waals surface area contributed by atoms with E-state index in [1.54, 1.807) is 0 Å². The molecule has 7 nitrogen and oxygen atoms in total. The second-order valence-corrected chi connectivity index (χ2v) is 10.0. The van der Waals surface area contributed by atoms with Gasteiger partial charge in [0.25, 0.3) is 0 Å². The highest BCUT2D eigenvalue weighted by Crippen LogP contribution is 2.21. The molecular formula is C16H24N2O5S2. The van der Waals surface area contributed by atoms with Gasteiger partial charge in [-0.15, -0.1) is 0 Å². The molecule has 1 saturated heterocycles. The molecule has 3 rings (SSSR count). The molecule has 140 valence electrons. The third-order valence-corrected chi connectivity index (χ3v) is 7.62. The molecule has 1 unspecified atom stereocenters. The van der Waals surface area contributed by atoms with Crippen LogP contribution in [0.2, 0.25) is 0 Å². The second kappa shape index (κ2) is 7.71. The van der Waals surface area contributed by atoms with Crippen LogP contribution in [0.3, 0.4) is 0 Å². The molecule has 1 aromatic rings. The molecule has 9 heteroatoms. The van der Waals surface area contributed by atoms with Crippen molar-refractivity contribution in [2.24, 2.45) is 0 Å². The van der Waals surface area contributed by atoms with Crippen LogP contribution in [0.15, 0.2) is 34.1 Å². The molecule has 1 heterocycles. The first-order valence-corrected chi connectivity index (χ1v) is 11.6. The summed E-state index contributed by atoms with van der Waals surface area (Å²) in [6.07, 6.45) is 5.43. The molecule has 1 atom stereocenters. The molecule has 1 aliphatic carbocycles. The van der Waals surface area contributed by atoms with E-state index in [0.717, 1.165) is 38.5 Å². The third-order valence-electron chi connectivity index (χ3n) is 4.65. The van der Waals surface area contributed by atoms with Crippen LogP contribution in [0.25, 0.3) is 0 Å². The zero-order valence-electron chi connectivity index (χ0n) is 14.0. The van der Waals surface area contributed by atoms with Gasteiger partial charge in [-0.3, -0.25) is 0 Å². The highest BCUT2D eigenvalue weighted by atomic mass is 32.2. The predicted octanol–water partition coefficient (Wildman–Crippen LogP) is 1.36. The number of hydrogen-bond donors (Lipinski definition) is 2. The van der Waals surface area contributed by atoms with Crippen molar-refractivity contribution in [1.29, 1.82) is 0 Å². The van der Waals surface area contributed by atoms with Gasteiger partial charge < -0.3 is 4.74 Å². The standard InChI is InChI=1S/C16H24N2O5S2/c19-24(20,17-12-14-6-3-11-23-14)15-7-9-16(10-8-15)25(21,22)18-13-4-1-2-5-13/h7-10,13-14,17-18H,1-6,11-12H2. The Hall–Kier alpha value is -1.00. The van der Waals surface area contributed by atoms with Crippen molar-refractivity contribution in [3.63, 3.8) is 0 Å². The Bertz CT molecular complexity index is 778. The Labute approximate surface area is 149 Å². The van der Waals surface area contributed by atoms with Crippen LogP contribution in [-0.2, 0) is 24.8 Å². The van der Waals surface area contributed by atoms with Gasteiger partial charge in [-0.2, -0.15) is 0 Å². The van der Waals surface area contributed by atoms with Gasteiger partial charge in [-0.1, -0.05) is 12.8 Å². The van der Waals surface area contributed by atoms with Crippen molar-refractivity contribution in [3.05, 3.63) is 24.3 Å². The van der Waals surface area contributed by atoms with Crippen LogP contribution in [0, 0.1) is 0 Å². The first kappa shape index (κ1) is 18.8. The number of ether oxygens (including phenoxy) is 1. The van der Waals surface area contributed by atoms with Gasteiger partial charge in [-0.05, 0) is 49.9 Å². The maximum Gasteiger partial charge on any atom is 0.240 e. The summed E-state index contributed by atoms with van der Waals surface area (Å²) >= 11 is 0. The van der Waals surface area contributed by atoms with E-state index in [0.29, 0.717) is 6.61 Å². The molecule has 0 spiro atoms. The summed E-state index contributed by atoms with van der Waals surface area (Å²) in [5.41, 5.74) is 0. The topological polar surface area (TPSA) is 102 Å². The van der Waals surface area contributed by atoms with Gasteiger partial charge in [0, 0.05) is 19.2 Å². The molecule has 0 radical (unpaired) electrons. The van der Waals surface area contributed by atoms with Crippen molar-refractivity contribution in [2.45, 2.75) is 60.5 Å². The van der Waals surface area contributed by atoms with E-state index in [2.05, 4.69) is 9.44 Å². The van der Waals surface area contributed by atoms with Crippen LogP contribution >= 0.6 is 0 Å². The third kappa shape index (κ3) is 4.79. The molecule has 0 aromatic heterocycles. The molecule has 1 aromatic carbocycles. The zero-order valence-corrected chi connectivity index (χ0v) is 15.6. The van der Waals surface area contributed by atoms with E-state index >= 15 is 0 Å². The molecule has 2 N–H and O–H groups in total. The lowest BCUT2D eigenvalue weighted by molar-refractivity contribution is 0.114. The van der Waals surface area contributed by atoms with Gasteiger partial charge in [0.05, 0.1) is 15.9 Å². The van der Waals surface area contributed by atoms with Crippen LogP contribution in [0.1, 0.15) is 38.5 Å². The molecule has 25 heavy (non-hydrogen) atoms. The van der Waals surface area contributed by atoms with E-state index in [1.807, 2.05) is 0 Å². The maximum absolute atomic E-state index is 12.4. The Morgan fingerprint density at radius 1 is 0.880 bits per heavy atom. The first-order valence-electron chi connectivity index (χ1n) is 8.60. The Kier molecular flexibility index (Phi) is 5.79. The molecule has 2 fully saturated rings. The normalized spacial score (nSPS) is 22.5. The smallest absolute Gasteiger partial charge is 0.240 e. The average molecular weight is 389 g/mol. The monoisotopic (exact) mass is 388 g/mol. The summed E-state index contributed by atoms with van der Waals surface area (Å²) in [7, 11) is -7.29. The van der Waals surface area contributed by atoms with Crippen LogP contribution in [-0.4, -0.2) is 42.1 Å². The lowest BCUT2D eigenvalue weighted by atomic mass is 10.2. The Morgan fingerprint density at radius 2 is 1.48 bits per heavy atom. The zero-order chi connectivity index (χ0) is 17.9. The van der Waals surface area contributed by atoms with E-state index in [9.17, 15) is 16.8 Å². The highest BCUT2D eigenvalue weighted by molar-refractivity contribution is 7.90. The van der Waals surface area contributed by atoms with Gasteiger partial charge in [0.1, 0.15) is 0 Å². The SMILES string of the molecule is O=S(=O)(NCC1CCCO1)c1ccc(S(=O)(=O)NC2CCCC2)cc1. The van der Waals surface area contributed by atoms with Crippen molar-refractivity contribution >= 4 is 20.0 Å². The van der Waals surface area contributed by atoms with Gasteiger partial charge >= 0.3 is 0 Å². The quantitative estimate of drug-likeness (QED) is 0.734. The fourth-order valence-electron chi connectivity index (χ4n) is 3.22. The first-order chi connectivity index (χ1) is 11.9. The number of benzene rings is 1. The number of hydrogen-bond acceptors (Lipinski definition) is 5. The van der Waals surface area contributed by atoms with Gasteiger partial charge in [-0.25, -0.2) is 26.3 Å². The summed E-state index contributed by atoms with van der Waals surface area (Å²) in [4.78, 5) is 0.128. The number of sulfonamides is 2.